The first kappa shape index (κ1) is 6.44. The zero-order valence-electron chi connectivity index (χ0n) is 5.95. The number of allylic oxidation sites excluding steroid dienone is 3. The van der Waals surface area contributed by atoms with Crippen LogP contribution in [-0.2, 0) is 4.79 Å². The maximum atomic E-state index is 10.6. The molecule has 0 aromatic carbocycles. The Kier molecular flexibility index (Phi) is 1.23. The van der Waals surface area contributed by atoms with Crippen LogP contribution in [0.5, 0.6) is 0 Å². The average Bonchev–Trinajstić information content (AvgIpc) is 2.06. The van der Waals surface area contributed by atoms with Crippen molar-refractivity contribution in [1.29, 1.82) is 0 Å². The van der Waals surface area contributed by atoms with Crippen molar-refractivity contribution in [1.82, 2.24) is 0 Å². The van der Waals surface area contributed by atoms with Crippen molar-refractivity contribution < 1.29 is 9.90 Å². The second-order valence-corrected chi connectivity index (χ2v) is 2.92. The molecule has 2 bridgehead atoms. The molecule has 11 heavy (non-hydrogen) atoms. The van der Waals surface area contributed by atoms with Gasteiger partial charge in [0.1, 0.15) is 0 Å². The molecule has 0 spiro atoms. The number of carboxylic acid groups (broad SMARTS) is 1. The fraction of sp³-hybridized carbons (Fsp3) is 0.333. The molecule has 3 aliphatic rings. The lowest BCUT2D eigenvalue weighted by atomic mass is 9.78. The number of rotatable bonds is 1. The number of carbonyl (C=O) groups is 1. The molecule has 2 atom stereocenters. The number of hydrogen-bond acceptors (Lipinski definition) is 1. The van der Waals surface area contributed by atoms with Gasteiger partial charge in [0, 0.05) is 5.92 Å². The predicted octanol–water partition coefficient (Wildman–Crippen LogP) is 1.36. The first-order valence-corrected chi connectivity index (χ1v) is 3.64. The summed E-state index contributed by atoms with van der Waals surface area (Å²) < 4.78 is 0. The van der Waals surface area contributed by atoms with Crippen LogP contribution in [0.3, 0.4) is 0 Å². The van der Waals surface area contributed by atoms with Crippen molar-refractivity contribution in [2.24, 2.45) is 11.8 Å². The lowest BCUT2D eigenvalue weighted by molar-refractivity contribution is -0.142. The van der Waals surface area contributed by atoms with Crippen LogP contribution < -0.4 is 0 Å². The first-order chi connectivity index (χ1) is 5.27. The van der Waals surface area contributed by atoms with Crippen LogP contribution in [0.2, 0.25) is 0 Å². The Morgan fingerprint density at radius 1 is 1.73 bits per heavy atom. The van der Waals surface area contributed by atoms with Crippen LogP contribution in [0.4, 0.5) is 0 Å². The Morgan fingerprint density at radius 2 is 2.55 bits per heavy atom. The Morgan fingerprint density at radius 3 is 2.82 bits per heavy atom. The Hall–Kier alpha value is -1.27. The molecule has 0 saturated heterocycles. The minimum Gasteiger partial charge on any atom is -0.481 e. The molecular formula is C9H8O2. The largest absolute Gasteiger partial charge is 0.481 e. The van der Waals surface area contributed by atoms with E-state index in [-0.39, 0.29) is 11.8 Å². The van der Waals surface area contributed by atoms with E-state index in [9.17, 15) is 4.79 Å². The SMILES string of the molecule is O=C(O)C1CC2=C=CC1C=C2. The molecule has 0 aromatic rings. The van der Waals surface area contributed by atoms with Gasteiger partial charge in [-0.15, -0.1) is 5.73 Å². The molecule has 0 fully saturated rings. The first-order valence-electron chi connectivity index (χ1n) is 3.64. The standard InChI is InChI=1S/C9H8O2/c10-9(11)8-5-6-1-3-7(8)4-2-6/h1,3-4,7-8H,5H2,(H,10,11). The summed E-state index contributed by atoms with van der Waals surface area (Å²) in [5.74, 6) is -0.865. The minimum absolute atomic E-state index is 0.0741. The molecule has 0 aliphatic heterocycles. The highest BCUT2D eigenvalue weighted by atomic mass is 16.4. The Bertz CT molecular complexity index is 293. The van der Waals surface area contributed by atoms with Crippen molar-refractivity contribution >= 4 is 5.97 Å². The van der Waals surface area contributed by atoms with Crippen LogP contribution in [0.25, 0.3) is 0 Å². The summed E-state index contributed by atoms with van der Waals surface area (Å²) in [4.78, 5) is 10.6. The highest BCUT2D eigenvalue weighted by Gasteiger charge is 2.30. The van der Waals surface area contributed by atoms with Gasteiger partial charge in [0.05, 0.1) is 5.92 Å². The molecular weight excluding hydrogens is 140 g/mol. The van der Waals surface area contributed by atoms with E-state index in [1.54, 1.807) is 0 Å². The highest BCUT2D eigenvalue weighted by molar-refractivity contribution is 5.72. The maximum Gasteiger partial charge on any atom is 0.307 e. The van der Waals surface area contributed by atoms with E-state index >= 15 is 0 Å². The summed E-state index contributed by atoms with van der Waals surface area (Å²) in [6, 6.07) is 0. The average molecular weight is 148 g/mol. The number of hydrogen-bond donors (Lipinski definition) is 1. The predicted molar refractivity (Wildman–Crippen MR) is 40.0 cm³/mol. The lowest BCUT2D eigenvalue weighted by Crippen LogP contribution is -2.25. The van der Waals surface area contributed by atoms with Crippen LogP contribution in [0.1, 0.15) is 6.42 Å². The van der Waals surface area contributed by atoms with Gasteiger partial charge in [0.25, 0.3) is 0 Å². The van der Waals surface area contributed by atoms with Crippen LogP contribution in [-0.4, -0.2) is 11.1 Å². The van der Waals surface area contributed by atoms with Crippen LogP contribution in [0, 0.1) is 11.8 Å². The van der Waals surface area contributed by atoms with E-state index in [0.29, 0.717) is 6.42 Å². The van der Waals surface area contributed by atoms with E-state index in [2.05, 4.69) is 5.73 Å². The fourth-order valence-electron chi connectivity index (χ4n) is 1.54. The lowest BCUT2D eigenvalue weighted by Gasteiger charge is -2.24. The van der Waals surface area contributed by atoms with Crippen molar-refractivity contribution in [2.45, 2.75) is 6.42 Å². The van der Waals surface area contributed by atoms with Gasteiger partial charge in [0.2, 0.25) is 0 Å². The van der Waals surface area contributed by atoms with E-state index in [0.717, 1.165) is 5.57 Å². The van der Waals surface area contributed by atoms with E-state index in [4.69, 9.17) is 5.11 Å². The Balaban J connectivity index is 2.32. The van der Waals surface area contributed by atoms with E-state index in [1.165, 1.54) is 0 Å². The molecule has 0 saturated carbocycles. The topological polar surface area (TPSA) is 37.3 Å². The summed E-state index contributed by atoms with van der Waals surface area (Å²) in [6.45, 7) is 0. The van der Waals surface area contributed by atoms with E-state index in [1.807, 2.05) is 18.2 Å². The Labute approximate surface area is 64.5 Å². The van der Waals surface area contributed by atoms with Crippen LogP contribution in [0.15, 0.2) is 29.5 Å². The molecule has 56 valence electrons. The van der Waals surface area contributed by atoms with Gasteiger partial charge in [0.15, 0.2) is 0 Å². The third-order valence-corrected chi connectivity index (χ3v) is 2.20. The second-order valence-electron chi connectivity index (χ2n) is 2.92. The van der Waals surface area contributed by atoms with Gasteiger partial charge in [-0.25, -0.2) is 0 Å². The minimum atomic E-state index is -0.699. The van der Waals surface area contributed by atoms with Gasteiger partial charge in [-0.05, 0) is 18.1 Å². The van der Waals surface area contributed by atoms with E-state index < -0.39 is 5.97 Å². The number of fused-ring (bicyclic) bond motifs is 1. The summed E-state index contributed by atoms with van der Waals surface area (Å²) in [5, 5.41) is 8.77. The molecule has 2 heteroatoms. The molecule has 2 unspecified atom stereocenters. The molecule has 0 heterocycles. The van der Waals surface area contributed by atoms with Gasteiger partial charge in [-0.1, -0.05) is 12.2 Å². The molecule has 3 rings (SSSR count). The summed E-state index contributed by atoms with van der Waals surface area (Å²) in [5.41, 5.74) is 4.06. The zero-order valence-corrected chi connectivity index (χ0v) is 5.95. The fourth-order valence-corrected chi connectivity index (χ4v) is 1.54. The molecule has 1 N–H and O–H groups in total. The van der Waals surface area contributed by atoms with Crippen molar-refractivity contribution in [3.63, 3.8) is 0 Å². The third-order valence-electron chi connectivity index (χ3n) is 2.20. The van der Waals surface area contributed by atoms with Crippen molar-refractivity contribution in [3.05, 3.63) is 29.5 Å². The highest BCUT2D eigenvalue weighted by Crippen LogP contribution is 2.32. The van der Waals surface area contributed by atoms with Gasteiger partial charge < -0.3 is 5.11 Å². The zero-order chi connectivity index (χ0) is 7.84. The quantitative estimate of drug-likeness (QED) is 0.570. The van der Waals surface area contributed by atoms with Gasteiger partial charge >= 0.3 is 5.97 Å². The smallest absolute Gasteiger partial charge is 0.307 e. The van der Waals surface area contributed by atoms with Gasteiger partial charge in [-0.2, -0.15) is 0 Å². The normalized spacial score (nSPS) is 32.2. The molecule has 3 aliphatic carbocycles. The van der Waals surface area contributed by atoms with Crippen molar-refractivity contribution in [3.8, 4) is 0 Å². The van der Waals surface area contributed by atoms with Gasteiger partial charge in [-0.3, -0.25) is 4.79 Å². The summed E-state index contributed by atoms with van der Waals surface area (Å²) >= 11 is 0. The molecule has 0 radical (unpaired) electrons. The summed E-state index contributed by atoms with van der Waals surface area (Å²) in [6.07, 6.45) is 6.39. The maximum absolute atomic E-state index is 10.6. The molecule has 2 nitrogen and oxygen atoms in total. The molecule has 0 aromatic heterocycles. The summed E-state index contributed by atoms with van der Waals surface area (Å²) in [7, 11) is 0. The monoisotopic (exact) mass is 148 g/mol. The van der Waals surface area contributed by atoms with Crippen LogP contribution >= 0.6 is 0 Å². The van der Waals surface area contributed by atoms with Crippen molar-refractivity contribution in [2.75, 3.05) is 0 Å². The molecule has 0 amide bonds. The number of aliphatic carboxylic acids is 1. The number of carboxylic acids is 1. The third kappa shape index (κ3) is 0.920. The second kappa shape index (κ2) is 2.11.